The minimum absolute atomic E-state index is 0.762. The van der Waals surface area contributed by atoms with Crippen molar-refractivity contribution in [2.75, 3.05) is 18.0 Å². The summed E-state index contributed by atoms with van der Waals surface area (Å²) in [5, 5.41) is 9.18. The number of piperidine rings is 1. The number of rotatable bonds is 2. The van der Waals surface area contributed by atoms with Gasteiger partial charge in [-0.05, 0) is 36.9 Å². The summed E-state index contributed by atoms with van der Waals surface area (Å²) < 4.78 is 0. The lowest BCUT2D eigenvalue weighted by Gasteiger charge is -2.28. The van der Waals surface area contributed by atoms with E-state index in [1.54, 1.807) is 0 Å². The standard InChI is InChI=1S/C11H15BClNO/c13-12(15)10-4-6-11(7-5-10)14-8-2-1-3-9-14/h4-7,15H,1-3,8-9H2. The summed E-state index contributed by atoms with van der Waals surface area (Å²) in [7, 11) is 0. The van der Waals surface area contributed by atoms with Gasteiger partial charge in [0, 0.05) is 18.8 Å². The largest absolute Gasteiger partial charge is 0.434 e. The summed E-state index contributed by atoms with van der Waals surface area (Å²) >= 11 is 5.58. The molecule has 4 heteroatoms. The maximum absolute atomic E-state index is 9.18. The minimum atomic E-state index is -0.889. The van der Waals surface area contributed by atoms with Gasteiger partial charge in [0.05, 0.1) is 0 Å². The van der Waals surface area contributed by atoms with Gasteiger partial charge in [0.25, 0.3) is 0 Å². The molecule has 1 heterocycles. The Balaban J connectivity index is 2.08. The molecule has 0 bridgehead atoms. The van der Waals surface area contributed by atoms with Crippen molar-refractivity contribution < 1.29 is 5.02 Å². The minimum Gasteiger partial charge on any atom is -0.434 e. The third-order valence-electron chi connectivity index (χ3n) is 2.89. The van der Waals surface area contributed by atoms with E-state index >= 15 is 0 Å². The lowest BCUT2D eigenvalue weighted by molar-refractivity contribution is 0.578. The third-order valence-corrected chi connectivity index (χ3v) is 3.14. The Morgan fingerprint density at radius 2 is 1.67 bits per heavy atom. The number of nitrogens with zero attached hydrogens (tertiary/aromatic N) is 1. The molecule has 1 fully saturated rings. The fourth-order valence-corrected chi connectivity index (χ4v) is 2.14. The van der Waals surface area contributed by atoms with Gasteiger partial charge < -0.3 is 9.92 Å². The maximum atomic E-state index is 9.18. The average Bonchev–Trinajstić information content (AvgIpc) is 2.30. The summed E-state index contributed by atoms with van der Waals surface area (Å²) in [6, 6.07) is 7.85. The summed E-state index contributed by atoms with van der Waals surface area (Å²) in [5.41, 5.74) is 1.99. The lowest BCUT2D eigenvalue weighted by atomic mass is 9.87. The first-order valence-corrected chi connectivity index (χ1v) is 5.88. The van der Waals surface area contributed by atoms with Crippen LogP contribution in [0.4, 0.5) is 5.69 Å². The monoisotopic (exact) mass is 223 g/mol. The second-order valence-corrected chi connectivity index (χ2v) is 4.39. The number of hydrogen-bond acceptors (Lipinski definition) is 2. The summed E-state index contributed by atoms with van der Waals surface area (Å²) in [4.78, 5) is 2.38. The molecule has 1 aromatic carbocycles. The van der Waals surface area contributed by atoms with Gasteiger partial charge in [0.15, 0.2) is 0 Å². The van der Waals surface area contributed by atoms with Crippen molar-refractivity contribution in [2.45, 2.75) is 19.3 Å². The fourth-order valence-electron chi connectivity index (χ4n) is 2.00. The molecule has 0 saturated carbocycles. The molecule has 0 unspecified atom stereocenters. The van der Waals surface area contributed by atoms with E-state index in [1.165, 1.54) is 24.9 Å². The molecular formula is C11H15BClNO. The topological polar surface area (TPSA) is 23.5 Å². The Morgan fingerprint density at radius 3 is 2.20 bits per heavy atom. The molecule has 15 heavy (non-hydrogen) atoms. The van der Waals surface area contributed by atoms with Crippen LogP contribution in [0.2, 0.25) is 0 Å². The molecule has 1 aliphatic heterocycles. The van der Waals surface area contributed by atoms with E-state index in [0.29, 0.717) is 0 Å². The Bertz CT molecular complexity index is 309. The summed E-state index contributed by atoms with van der Waals surface area (Å²) in [6.45, 7) is 2.28. The lowest BCUT2D eigenvalue weighted by Crippen LogP contribution is -2.30. The predicted molar refractivity (Wildman–Crippen MR) is 66.0 cm³/mol. The van der Waals surface area contributed by atoms with Gasteiger partial charge in [-0.15, -0.1) is 11.5 Å². The van der Waals surface area contributed by atoms with Crippen molar-refractivity contribution in [3.63, 3.8) is 0 Å². The highest BCUT2D eigenvalue weighted by Crippen LogP contribution is 2.18. The maximum Gasteiger partial charge on any atom is 0.431 e. The first-order chi connectivity index (χ1) is 7.27. The molecule has 0 aliphatic carbocycles. The Kier molecular flexibility index (Phi) is 3.55. The second kappa shape index (κ2) is 4.91. The quantitative estimate of drug-likeness (QED) is 0.770. The van der Waals surface area contributed by atoms with Gasteiger partial charge in [0.2, 0.25) is 0 Å². The molecule has 1 aliphatic rings. The van der Waals surface area contributed by atoms with E-state index in [9.17, 15) is 5.02 Å². The van der Waals surface area contributed by atoms with Crippen LogP contribution in [0.5, 0.6) is 0 Å². The van der Waals surface area contributed by atoms with Crippen LogP contribution >= 0.6 is 11.5 Å². The van der Waals surface area contributed by atoms with Gasteiger partial charge >= 0.3 is 6.33 Å². The van der Waals surface area contributed by atoms with Crippen LogP contribution in [0.3, 0.4) is 0 Å². The number of benzene rings is 1. The van der Waals surface area contributed by atoms with E-state index in [-0.39, 0.29) is 0 Å². The second-order valence-electron chi connectivity index (χ2n) is 3.98. The third kappa shape index (κ3) is 2.67. The van der Waals surface area contributed by atoms with E-state index in [4.69, 9.17) is 11.5 Å². The molecule has 1 aromatic rings. The molecule has 1 saturated heterocycles. The molecule has 0 aromatic heterocycles. The van der Waals surface area contributed by atoms with E-state index < -0.39 is 6.33 Å². The molecule has 1 N–H and O–H groups in total. The predicted octanol–water partition coefficient (Wildman–Crippen LogP) is 1.60. The molecule has 2 nitrogen and oxygen atoms in total. The smallest absolute Gasteiger partial charge is 0.431 e. The Labute approximate surface area is 95.9 Å². The zero-order valence-electron chi connectivity index (χ0n) is 8.69. The number of hydrogen-bond donors (Lipinski definition) is 1. The average molecular weight is 224 g/mol. The van der Waals surface area contributed by atoms with Crippen molar-refractivity contribution in [3.8, 4) is 0 Å². The highest BCUT2D eigenvalue weighted by molar-refractivity contribution is 7.09. The van der Waals surface area contributed by atoms with E-state index in [0.717, 1.165) is 18.6 Å². The highest BCUT2D eigenvalue weighted by atomic mass is 35.5. The van der Waals surface area contributed by atoms with Gasteiger partial charge in [-0.2, -0.15) is 0 Å². The Hall–Kier alpha value is -0.665. The van der Waals surface area contributed by atoms with Gasteiger partial charge in [0.1, 0.15) is 0 Å². The van der Waals surface area contributed by atoms with Crippen LogP contribution in [-0.4, -0.2) is 24.4 Å². The zero-order chi connectivity index (χ0) is 10.7. The van der Waals surface area contributed by atoms with Gasteiger partial charge in [-0.25, -0.2) is 0 Å². The van der Waals surface area contributed by atoms with Crippen LogP contribution in [0, 0.1) is 0 Å². The fraction of sp³-hybridized carbons (Fsp3) is 0.455. The Morgan fingerprint density at radius 1 is 1.07 bits per heavy atom. The first-order valence-electron chi connectivity index (χ1n) is 5.44. The zero-order valence-corrected chi connectivity index (χ0v) is 9.45. The van der Waals surface area contributed by atoms with Crippen LogP contribution in [0.1, 0.15) is 19.3 Å². The van der Waals surface area contributed by atoms with Crippen LogP contribution in [0.15, 0.2) is 24.3 Å². The van der Waals surface area contributed by atoms with Crippen LogP contribution in [0.25, 0.3) is 0 Å². The molecule has 2 rings (SSSR count). The van der Waals surface area contributed by atoms with Crippen molar-refractivity contribution >= 4 is 28.9 Å². The number of anilines is 1. The molecule has 0 spiro atoms. The van der Waals surface area contributed by atoms with Gasteiger partial charge in [-0.3, -0.25) is 0 Å². The molecular weight excluding hydrogens is 208 g/mol. The van der Waals surface area contributed by atoms with E-state index in [2.05, 4.69) is 4.90 Å². The summed E-state index contributed by atoms with van der Waals surface area (Å²) in [5.74, 6) is 0. The van der Waals surface area contributed by atoms with Crippen LogP contribution in [-0.2, 0) is 0 Å². The van der Waals surface area contributed by atoms with Crippen molar-refractivity contribution in [3.05, 3.63) is 24.3 Å². The highest BCUT2D eigenvalue weighted by Gasteiger charge is 2.13. The first kappa shape index (κ1) is 10.8. The molecule has 0 amide bonds. The van der Waals surface area contributed by atoms with Crippen LogP contribution < -0.4 is 10.4 Å². The number of halogens is 1. The molecule has 0 atom stereocenters. The van der Waals surface area contributed by atoms with Gasteiger partial charge in [-0.1, -0.05) is 12.1 Å². The van der Waals surface area contributed by atoms with E-state index in [1.807, 2.05) is 24.3 Å². The normalized spacial score (nSPS) is 16.5. The van der Waals surface area contributed by atoms with Crippen molar-refractivity contribution in [1.82, 2.24) is 0 Å². The summed E-state index contributed by atoms with van der Waals surface area (Å²) in [6.07, 6.45) is 3.01. The van der Waals surface area contributed by atoms with Crippen molar-refractivity contribution in [2.24, 2.45) is 0 Å². The molecule has 0 radical (unpaired) electrons. The van der Waals surface area contributed by atoms with Crippen molar-refractivity contribution in [1.29, 1.82) is 0 Å². The molecule has 80 valence electrons. The SMILES string of the molecule is OB(Cl)c1ccc(N2CCCCC2)cc1.